The molecule has 0 saturated carbocycles. The van der Waals surface area contributed by atoms with E-state index >= 15 is 0 Å². The van der Waals surface area contributed by atoms with Gasteiger partial charge in [0.1, 0.15) is 28.7 Å². The van der Waals surface area contributed by atoms with Crippen LogP contribution in [0.4, 0.5) is 0 Å². The number of H-pyrrole nitrogens is 1. The second kappa shape index (κ2) is 7.32. The van der Waals surface area contributed by atoms with E-state index in [4.69, 9.17) is 4.74 Å². The minimum Gasteiger partial charge on any atom is -0.497 e. The Balaban J connectivity index is 1.73. The van der Waals surface area contributed by atoms with E-state index in [2.05, 4.69) is 82.6 Å². The lowest BCUT2D eigenvalue weighted by Gasteiger charge is -2.16. The van der Waals surface area contributed by atoms with Crippen LogP contribution in [0, 0.1) is 0 Å². The monoisotopic (exact) mass is 378 g/mol. The van der Waals surface area contributed by atoms with Gasteiger partial charge in [-0.3, -0.25) is 0 Å². The third-order valence-electron chi connectivity index (χ3n) is 5.16. The molecule has 146 valence electrons. The molecule has 0 radical (unpaired) electrons. The number of rotatable bonds is 6. The summed E-state index contributed by atoms with van der Waals surface area (Å²) in [5.41, 5.74) is 5.04. The third kappa shape index (κ3) is 3.62. The highest BCUT2D eigenvalue weighted by Crippen LogP contribution is 2.25. The summed E-state index contributed by atoms with van der Waals surface area (Å²) in [6.45, 7) is 8.86. The molecule has 5 nitrogen and oxygen atoms in total. The van der Waals surface area contributed by atoms with Crippen molar-refractivity contribution in [3.8, 4) is 17.0 Å². The number of fused-ring (bicyclic) bond motifs is 3. The van der Waals surface area contributed by atoms with Crippen molar-refractivity contribution in [3.05, 3.63) is 54.7 Å². The zero-order valence-corrected chi connectivity index (χ0v) is 17.2. The number of nitrogens with one attached hydrogen (secondary N) is 1. The summed E-state index contributed by atoms with van der Waals surface area (Å²) in [7, 11) is 1.70. The van der Waals surface area contributed by atoms with Gasteiger partial charge in [-0.2, -0.15) is 4.40 Å². The fourth-order valence-electron chi connectivity index (χ4n) is 3.72. The average molecular weight is 379 g/mol. The quantitative estimate of drug-likeness (QED) is 0.393. The fourth-order valence-corrected chi connectivity index (χ4v) is 3.72. The Morgan fingerprint density at radius 2 is 1.82 bits per heavy atom. The van der Waals surface area contributed by atoms with Gasteiger partial charge in [0.15, 0.2) is 0 Å². The number of aromatic amines is 1. The first kappa shape index (κ1) is 18.6. The number of hydrogen-bond donors (Lipinski definition) is 2. The van der Waals surface area contributed by atoms with Crippen molar-refractivity contribution < 1.29 is 14.5 Å². The molecule has 0 aliphatic heterocycles. The van der Waals surface area contributed by atoms with E-state index in [1.54, 1.807) is 7.11 Å². The Morgan fingerprint density at radius 1 is 1.07 bits per heavy atom. The van der Waals surface area contributed by atoms with Gasteiger partial charge in [0.25, 0.3) is 0 Å². The molecule has 28 heavy (non-hydrogen) atoms. The Bertz CT molecular complexity index is 1080. The van der Waals surface area contributed by atoms with E-state index in [9.17, 15) is 0 Å². The topological polar surface area (TPSA) is 50.7 Å². The smallest absolute Gasteiger partial charge is 0.368 e. The second-order valence-corrected chi connectivity index (χ2v) is 8.44. The molecule has 5 heteroatoms. The standard InChI is InChI=1S/C23H28N4O/c1-23(2,3)24-14-7-15-26-21(17-10-12-18(28-4)13-11-17)16-27-20-9-6-5-8-19(20)25-22(26)27/h5-6,8-13,16,24H,7,14-15H2,1-4H3/p+2. The van der Waals surface area contributed by atoms with Crippen LogP contribution in [0.5, 0.6) is 5.75 Å². The predicted octanol–water partition coefficient (Wildman–Crippen LogP) is 3.14. The molecule has 0 unspecified atom stereocenters. The van der Waals surface area contributed by atoms with E-state index in [-0.39, 0.29) is 5.54 Å². The lowest BCUT2D eigenvalue weighted by molar-refractivity contribution is -0.717. The Kier molecular flexibility index (Phi) is 4.85. The molecular formula is C23H30N4O+2. The molecule has 2 aromatic carbocycles. The van der Waals surface area contributed by atoms with E-state index in [0.717, 1.165) is 36.6 Å². The van der Waals surface area contributed by atoms with Gasteiger partial charge in [-0.25, -0.2) is 9.55 Å². The molecule has 0 aliphatic carbocycles. The lowest BCUT2D eigenvalue weighted by Crippen LogP contribution is -2.94. The Labute approximate surface area is 166 Å². The van der Waals surface area contributed by atoms with Crippen molar-refractivity contribution in [1.29, 1.82) is 0 Å². The van der Waals surface area contributed by atoms with Gasteiger partial charge in [0.2, 0.25) is 0 Å². The van der Waals surface area contributed by atoms with Crippen LogP contribution in [0.3, 0.4) is 0 Å². The molecular weight excluding hydrogens is 348 g/mol. The molecule has 3 N–H and O–H groups in total. The van der Waals surface area contributed by atoms with Crippen LogP contribution in [-0.2, 0) is 6.54 Å². The van der Waals surface area contributed by atoms with Crippen LogP contribution < -0.4 is 14.5 Å². The molecule has 2 heterocycles. The minimum absolute atomic E-state index is 0.265. The van der Waals surface area contributed by atoms with Crippen LogP contribution in [0.2, 0.25) is 0 Å². The number of aromatic nitrogens is 3. The number of methoxy groups -OCH3 is 1. The SMILES string of the molecule is COc1ccc(-c2c[n+]3c4ccccc4[nH]c3n2CCC[NH2+]C(C)(C)C)cc1. The van der Waals surface area contributed by atoms with Crippen LogP contribution in [-0.4, -0.2) is 28.7 Å². The third-order valence-corrected chi connectivity index (χ3v) is 5.16. The van der Waals surface area contributed by atoms with E-state index in [1.807, 2.05) is 12.1 Å². The van der Waals surface area contributed by atoms with Gasteiger partial charge >= 0.3 is 5.78 Å². The Morgan fingerprint density at radius 3 is 2.54 bits per heavy atom. The van der Waals surface area contributed by atoms with Gasteiger partial charge in [-0.1, -0.05) is 12.1 Å². The number of hydrogen-bond acceptors (Lipinski definition) is 1. The number of benzene rings is 2. The van der Waals surface area contributed by atoms with Gasteiger partial charge in [0.05, 0.1) is 25.7 Å². The number of quaternary nitrogens is 1. The molecule has 0 atom stereocenters. The molecule has 4 aromatic rings. The number of para-hydroxylation sites is 2. The summed E-state index contributed by atoms with van der Waals surface area (Å²) in [6, 6.07) is 16.8. The van der Waals surface area contributed by atoms with Crippen molar-refractivity contribution >= 4 is 16.8 Å². The molecule has 4 rings (SSSR count). The first-order valence-corrected chi connectivity index (χ1v) is 9.97. The lowest BCUT2D eigenvalue weighted by atomic mass is 10.1. The van der Waals surface area contributed by atoms with Crippen LogP contribution >= 0.6 is 0 Å². The number of ether oxygens (including phenoxy) is 1. The molecule has 0 saturated heterocycles. The van der Waals surface area contributed by atoms with Crippen LogP contribution in [0.15, 0.2) is 54.7 Å². The highest BCUT2D eigenvalue weighted by Gasteiger charge is 2.22. The van der Waals surface area contributed by atoms with Crippen LogP contribution in [0.1, 0.15) is 27.2 Å². The first-order chi connectivity index (χ1) is 13.5. The molecule has 0 spiro atoms. The summed E-state index contributed by atoms with van der Waals surface area (Å²) < 4.78 is 9.99. The Hall–Kier alpha value is -2.79. The van der Waals surface area contributed by atoms with Crippen molar-refractivity contribution in [1.82, 2.24) is 9.55 Å². The summed E-state index contributed by atoms with van der Waals surface area (Å²) in [6.07, 6.45) is 3.35. The van der Waals surface area contributed by atoms with Crippen molar-refractivity contribution in [2.45, 2.75) is 39.3 Å². The minimum atomic E-state index is 0.265. The average Bonchev–Trinajstić information content (AvgIpc) is 3.21. The summed E-state index contributed by atoms with van der Waals surface area (Å²) in [5.74, 6) is 2.01. The molecule has 0 amide bonds. The van der Waals surface area contributed by atoms with Crippen molar-refractivity contribution in [2.24, 2.45) is 0 Å². The van der Waals surface area contributed by atoms with E-state index in [1.165, 1.54) is 16.8 Å². The van der Waals surface area contributed by atoms with Gasteiger partial charge in [-0.15, -0.1) is 0 Å². The highest BCUT2D eigenvalue weighted by atomic mass is 16.5. The summed E-state index contributed by atoms with van der Waals surface area (Å²) >= 11 is 0. The summed E-state index contributed by atoms with van der Waals surface area (Å²) in [5, 5.41) is 2.42. The summed E-state index contributed by atoms with van der Waals surface area (Å²) in [4.78, 5) is 3.61. The van der Waals surface area contributed by atoms with E-state index in [0.29, 0.717) is 0 Å². The van der Waals surface area contributed by atoms with Crippen LogP contribution in [0.25, 0.3) is 28.1 Å². The maximum absolute atomic E-state index is 5.33. The largest absolute Gasteiger partial charge is 0.497 e. The van der Waals surface area contributed by atoms with Crippen molar-refractivity contribution in [2.75, 3.05) is 13.7 Å². The van der Waals surface area contributed by atoms with Gasteiger partial charge in [0, 0.05) is 12.0 Å². The van der Waals surface area contributed by atoms with Gasteiger partial charge < -0.3 is 10.1 Å². The predicted molar refractivity (Wildman–Crippen MR) is 113 cm³/mol. The second-order valence-electron chi connectivity index (χ2n) is 8.44. The highest BCUT2D eigenvalue weighted by molar-refractivity contribution is 5.74. The maximum Gasteiger partial charge on any atom is 0.368 e. The first-order valence-electron chi connectivity index (χ1n) is 9.97. The number of nitrogens with zero attached hydrogens (tertiary/aromatic N) is 2. The molecule has 0 bridgehead atoms. The van der Waals surface area contributed by atoms with Crippen molar-refractivity contribution in [3.63, 3.8) is 0 Å². The maximum atomic E-state index is 5.33. The van der Waals surface area contributed by atoms with E-state index < -0.39 is 0 Å². The molecule has 0 aliphatic rings. The zero-order chi connectivity index (χ0) is 19.7. The molecule has 0 fully saturated rings. The number of aryl methyl sites for hydroxylation is 1. The molecule has 2 aromatic heterocycles. The zero-order valence-electron chi connectivity index (χ0n) is 17.2. The normalized spacial score (nSPS) is 12.1. The number of imidazole rings is 2. The fraction of sp³-hybridized carbons (Fsp3) is 0.348. The van der Waals surface area contributed by atoms with Gasteiger partial charge in [-0.05, 0) is 57.2 Å². The number of nitrogens with two attached hydrogens (primary N) is 1.